The Balaban J connectivity index is 1.31. The molecule has 1 aliphatic carbocycles. The molecule has 3 N–H and O–H groups in total. The van der Waals surface area contributed by atoms with Gasteiger partial charge in [0, 0.05) is 24.2 Å². The third kappa shape index (κ3) is 4.00. The highest BCUT2D eigenvalue weighted by Crippen LogP contribution is 2.33. The summed E-state index contributed by atoms with van der Waals surface area (Å²) in [6.07, 6.45) is 7.24. The van der Waals surface area contributed by atoms with Crippen LogP contribution in [0.15, 0.2) is 23.2 Å². The normalized spacial score (nSPS) is 27.3. The number of rotatable bonds is 3. The van der Waals surface area contributed by atoms with E-state index in [0.29, 0.717) is 31.3 Å². The molecule has 2 aliphatic heterocycles. The number of ether oxygens (including phenoxy) is 2. The average molecular weight is 344 g/mol. The molecule has 0 aromatic heterocycles. The van der Waals surface area contributed by atoms with Crippen molar-refractivity contribution in [3.63, 3.8) is 0 Å². The van der Waals surface area contributed by atoms with E-state index in [2.05, 4.69) is 15.2 Å². The minimum Gasteiger partial charge on any atom is -0.490 e. The summed E-state index contributed by atoms with van der Waals surface area (Å²) in [4.78, 5) is 7.27. The molecule has 2 fully saturated rings. The summed E-state index contributed by atoms with van der Waals surface area (Å²) in [6, 6.07) is 6.86. The van der Waals surface area contributed by atoms with Gasteiger partial charge in [-0.3, -0.25) is 0 Å². The Hall–Kier alpha value is -1.95. The van der Waals surface area contributed by atoms with Crippen LogP contribution < -0.4 is 20.5 Å². The van der Waals surface area contributed by atoms with Crippen LogP contribution in [0.25, 0.3) is 0 Å². The van der Waals surface area contributed by atoms with Crippen LogP contribution in [0.3, 0.4) is 0 Å². The minimum absolute atomic E-state index is 0.347. The van der Waals surface area contributed by atoms with E-state index >= 15 is 0 Å². The van der Waals surface area contributed by atoms with Gasteiger partial charge in [-0.05, 0) is 50.9 Å². The number of nitrogens with two attached hydrogens (primary N) is 1. The fraction of sp³-hybridized carbons (Fsp3) is 0.632. The van der Waals surface area contributed by atoms with Crippen LogP contribution >= 0.6 is 0 Å². The van der Waals surface area contributed by atoms with Crippen molar-refractivity contribution in [2.75, 3.05) is 31.6 Å². The Morgan fingerprint density at radius 1 is 1.04 bits per heavy atom. The molecule has 6 nitrogen and oxygen atoms in total. The van der Waals surface area contributed by atoms with Crippen molar-refractivity contribution in [1.29, 1.82) is 0 Å². The van der Waals surface area contributed by atoms with Crippen LogP contribution in [0.4, 0.5) is 5.69 Å². The lowest BCUT2D eigenvalue weighted by Crippen LogP contribution is -2.49. The van der Waals surface area contributed by atoms with Gasteiger partial charge in [0.15, 0.2) is 17.5 Å². The Morgan fingerprint density at radius 3 is 2.60 bits per heavy atom. The zero-order chi connectivity index (χ0) is 17.1. The van der Waals surface area contributed by atoms with Gasteiger partial charge in [0.1, 0.15) is 0 Å². The predicted octanol–water partition coefficient (Wildman–Crippen LogP) is 2.59. The van der Waals surface area contributed by atoms with Crippen molar-refractivity contribution in [1.82, 2.24) is 4.90 Å². The van der Waals surface area contributed by atoms with E-state index in [1.54, 1.807) is 0 Å². The Morgan fingerprint density at radius 2 is 1.80 bits per heavy atom. The number of hydrogen-bond donors (Lipinski definition) is 2. The van der Waals surface area contributed by atoms with Crippen LogP contribution in [0.2, 0.25) is 0 Å². The summed E-state index contributed by atoms with van der Waals surface area (Å²) in [6.45, 7) is 3.89. The molecule has 2 heterocycles. The van der Waals surface area contributed by atoms with Gasteiger partial charge in [0.25, 0.3) is 0 Å². The molecule has 0 radical (unpaired) electrons. The maximum absolute atomic E-state index is 6.10. The molecule has 6 heteroatoms. The molecule has 1 aromatic rings. The first-order chi connectivity index (χ1) is 12.3. The molecule has 25 heavy (non-hydrogen) atoms. The molecule has 0 unspecified atom stereocenters. The van der Waals surface area contributed by atoms with Crippen molar-refractivity contribution in [3.8, 4) is 11.5 Å². The second kappa shape index (κ2) is 7.52. The van der Waals surface area contributed by atoms with Gasteiger partial charge >= 0.3 is 0 Å². The molecule has 4 rings (SSSR count). The second-order valence-electron chi connectivity index (χ2n) is 7.23. The lowest BCUT2D eigenvalue weighted by molar-refractivity contribution is 0.0912. The lowest BCUT2D eigenvalue weighted by atomic mass is 9.85. The number of hydrogen-bond acceptors (Lipinski definition) is 4. The molecular weight excluding hydrogens is 316 g/mol. The van der Waals surface area contributed by atoms with Crippen molar-refractivity contribution < 1.29 is 9.47 Å². The van der Waals surface area contributed by atoms with E-state index in [-0.39, 0.29) is 0 Å². The number of guanidine groups is 1. The summed E-state index contributed by atoms with van der Waals surface area (Å²) in [7, 11) is 0. The maximum Gasteiger partial charge on any atom is 0.193 e. The molecule has 0 amide bonds. The van der Waals surface area contributed by atoms with Crippen LogP contribution in [0, 0.1) is 0 Å². The highest BCUT2D eigenvalue weighted by molar-refractivity contribution is 5.92. The minimum atomic E-state index is 0.347. The molecule has 136 valence electrons. The number of anilines is 1. The molecule has 1 saturated carbocycles. The summed E-state index contributed by atoms with van der Waals surface area (Å²) >= 11 is 0. The molecule has 3 aliphatic rings. The van der Waals surface area contributed by atoms with E-state index in [0.717, 1.165) is 36.4 Å². The Labute approximate surface area is 149 Å². The summed E-state index contributed by atoms with van der Waals surface area (Å²) < 4.78 is 11.4. The molecule has 0 atom stereocenters. The number of piperidine rings is 1. The third-order valence-corrected chi connectivity index (χ3v) is 5.34. The van der Waals surface area contributed by atoms with Gasteiger partial charge in [-0.15, -0.1) is 0 Å². The number of nitrogens with one attached hydrogen (secondary N) is 1. The SMILES string of the molecule is NC(=NC1CC(N2CCCCC2)C1)Nc1ccc2c(c1)OCCCO2. The number of aliphatic imine (C=N–C) groups is 1. The highest BCUT2D eigenvalue weighted by atomic mass is 16.5. The largest absolute Gasteiger partial charge is 0.490 e. The van der Waals surface area contributed by atoms with Crippen LogP contribution in [-0.2, 0) is 0 Å². The van der Waals surface area contributed by atoms with E-state index in [1.807, 2.05) is 18.2 Å². The first-order valence-electron chi connectivity index (χ1n) is 9.52. The first-order valence-corrected chi connectivity index (χ1v) is 9.52. The van der Waals surface area contributed by atoms with Gasteiger partial charge in [-0.25, -0.2) is 4.99 Å². The monoisotopic (exact) mass is 344 g/mol. The molecule has 0 spiro atoms. The number of likely N-dealkylation sites (tertiary alicyclic amines) is 1. The topological polar surface area (TPSA) is 72.1 Å². The number of benzene rings is 1. The fourth-order valence-electron chi connectivity index (χ4n) is 3.86. The van der Waals surface area contributed by atoms with E-state index in [1.165, 1.54) is 32.4 Å². The zero-order valence-electron chi connectivity index (χ0n) is 14.7. The number of nitrogens with zero attached hydrogens (tertiary/aromatic N) is 2. The van der Waals surface area contributed by atoms with Gasteiger partial charge in [-0.2, -0.15) is 0 Å². The van der Waals surface area contributed by atoms with Gasteiger partial charge in [0.05, 0.1) is 19.3 Å². The van der Waals surface area contributed by atoms with E-state index in [9.17, 15) is 0 Å². The second-order valence-corrected chi connectivity index (χ2v) is 7.23. The molecule has 0 bridgehead atoms. The predicted molar refractivity (Wildman–Crippen MR) is 99.5 cm³/mol. The Bertz CT molecular complexity index is 622. The summed E-state index contributed by atoms with van der Waals surface area (Å²) in [5.41, 5.74) is 6.99. The average Bonchev–Trinajstić information content (AvgIpc) is 2.83. The maximum atomic E-state index is 6.10. The highest BCUT2D eigenvalue weighted by Gasteiger charge is 2.34. The van der Waals surface area contributed by atoms with Crippen LogP contribution in [-0.4, -0.2) is 49.2 Å². The third-order valence-electron chi connectivity index (χ3n) is 5.34. The quantitative estimate of drug-likeness (QED) is 0.651. The van der Waals surface area contributed by atoms with Gasteiger partial charge in [0.2, 0.25) is 0 Å². The fourth-order valence-corrected chi connectivity index (χ4v) is 3.86. The molecule has 1 saturated heterocycles. The van der Waals surface area contributed by atoms with Crippen LogP contribution in [0.1, 0.15) is 38.5 Å². The molecular formula is C19H28N4O2. The van der Waals surface area contributed by atoms with Gasteiger partial charge < -0.3 is 25.4 Å². The van der Waals surface area contributed by atoms with E-state index in [4.69, 9.17) is 15.2 Å². The zero-order valence-corrected chi connectivity index (χ0v) is 14.7. The molecule has 1 aromatic carbocycles. The summed E-state index contributed by atoms with van der Waals surface area (Å²) in [5.74, 6) is 2.04. The lowest BCUT2D eigenvalue weighted by Gasteiger charge is -2.43. The van der Waals surface area contributed by atoms with E-state index < -0.39 is 0 Å². The smallest absolute Gasteiger partial charge is 0.193 e. The number of fused-ring (bicyclic) bond motifs is 1. The van der Waals surface area contributed by atoms with Crippen molar-refractivity contribution in [3.05, 3.63) is 18.2 Å². The van der Waals surface area contributed by atoms with Crippen molar-refractivity contribution >= 4 is 11.6 Å². The Kier molecular flexibility index (Phi) is 4.97. The standard InChI is InChI=1S/C19H28N4O2/c20-19(22-15-11-16(12-15)23-7-2-1-3-8-23)21-14-5-6-17-18(13-14)25-10-4-9-24-17/h5-6,13,15-16H,1-4,7-12H2,(H3,20,21,22). The van der Waals surface area contributed by atoms with Gasteiger partial charge in [-0.1, -0.05) is 6.42 Å². The van der Waals surface area contributed by atoms with Crippen molar-refractivity contribution in [2.45, 2.75) is 50.6 Å². The van der Waals surface area contributed by atoms with Crippen LogP contribution in [0.5, 0.6) is 11.5 Å². The van der Waals surface area contributed by atoms with Crippen molar-refractivity contribution in [2.24, 2.45) is 10.7 Å². The summed E-state index contributed by atoms with van der Waals surface area (Å²) in [5, 5.41) is 3.18. The first kappa shape index (κ1) is 16.5.